The normalized spacial score (nSPS) is 15.2. The van der Waals surface area contributed by atoms with E-state index in [-0.39, 0.29) is 0 Å². The zero-order valence-corrected chi connectivity index (χ0v) is 13.5. The summed E-state index contributed by atoms with van der Waals surface area (Å²) in [5.74, 6) is 0.320. The zero-order chi connectivity index (χ0) is 14.5. The van der Waals surface area contributed by atoms with E-state index in [0.717, 1.165) is 32.6 Å². The maximum atomic E-state index is 11.4. The molecule has 20 heavy (non-hydrogen) atoms. The van der Waals surface area contributed by atoms with Crippen molar-refractivity contribution in [2.45, 2.75) is 84.0 Å². The molecule has 1 aliphatic rings. The van der Waals surface area contributed by atoms with Crippen molar-refractivity contribution >= 4 is 5.91 Å². The van der Waals surface area contributed by atoms with Crippen LogP contribution in [0.1, 0.15) is 84.0 Å². The summed E-state index contributed by atoms with van der Waals surface area (Å²) in [5.41, 5.74) is 0. The highest BCUT2D eigenvalue weighted by Gasteiger charge is 2.18. The third-order valence-corrected chi connectivity index (χ3v) is 4.18. The van der Waals surface area contributed by atoms with E-state index in [4.69, 9.17) is 0 Å². The van der Waals surface area contributed by atoms with Crippen molar-refractivity contribution in [2.75, 3.05) is 19.8 Å². The first kappa shape index (κ1) is 17.5. The second kappa shape index (κ2) is 12.2. The molecule has 0 aromatic heterocycles. The average molecular weight is 282 g/mol. The molecule has 0 radical (unpaired) electrons. The van der Waals surface area contributed by atoms with E-state index in [2.05, 4.69) is 12.2 Å². The summed E-state index contributed by atoms with van der Waals surface area (Å²) >= 11 is 0. The molecule has 0 spiro atoms. The predicted molar refractivity (Wildman–Crippen MR) is 85.7 cm³/mol. The smallest absolute Gasteiger partial charge is 0.223 e. The van der Waals surface area contributed by atoms with Crippen LogP contribution >= 0.6 is 0 Å². The molecule has 1 saturated heterocycles. The van der Waals surface area contributed by atoms with E-state index in [0.29, 0.717) is 5.91 Å². The lowest BCUT2D eigenvalue weighted by Gasteiger charge is -2.16. The van der Waals surface area contributed by atoms with Crippen LogP contribution in [-0.2, 0) is 4.79 Å². The first-order valence-electron chi connectivity index (χ1n) is 8.83. The lowest BCUT2D eigenvalue weighted by Crippen LogP contribution is -2.35. The van der Waals surface area contributed by atoms with Crippen molar-refractivity contribution < 1.29 is 4.79 Å². The molecular weight excluding hydrogens is 248 g/mol. The van der Waals surface area contributed by atoms with Gasteiger partial charge in [0, 0.05) is 13.0 Å². The molecule has 0 bridgehead atoms. The first-order valence-corrected chi connectivity index (χ1v) is 8.83. The molecule has 3 heteroatoms. The molecule has 0 aliphatic carbocycles. The fourth-order valence-corrected chi connectivity index (χ4v) is 2.82. The first-order chi connectivity index (χ1) is 9.84. The van der Waals surface area contributed by atoms with Gasteiger partial charge in [0.05, 0.1) is 6.67 Å². The van der Waals surface area contributed by atoms with E-state index in [1.54, 1.807) is 0 Å². The quantitative estimate of drug-likeness (QED) is 0.516. The minimum absolute atomic E-state index is 0.320. The fourth-order valence-electron chi connectivity index (χ4n) is 2.82. The summed E-state index contributed by atoms with van der Waals surface area (Å²) in [5, 5.41) is 3.39. The molecule has 1 fully saturated rings. The molecule has 0 saturated carbocycles. The van der Waals surface area contributed by atoms with Crippen molar-refractivity contribution in [3.05, 3.63) is 0 Å². The number of carbonyl (C=O) groups is 1. The second-order valence-corrected chi connectivity index (χ2v) is 6.10. The van der Waals surface area contributed by atoms with Crippen LogP contribution in [0.25, 0.3) is 0 Å². The number of rotatable bonds is 13. The maximum absolute atomic E-state index is 11.4. The third kappa shape index (κ3) is 8.57. The monoisotopic (exact) mass is 282 g/mol. The SMILES string of the molecule is CCCCCCCCCCCCNCN1CCCC1=O. The highest BCUT2D eigenvalue weighted by Crippen LogP contribution is 2.10. The van der Waals surface area contributed by atoms with Gasteiger partial charge >= 0.3 is 0 Å². The van der Waals surface area contributed by atoms with Crippen molar-refractivity contribution in [3.63, 3.8) is 0 Å². The van der Waals surface area contributed by atoms with E-state index < -0.39 is 0 Å². The summed E-state index contributed by atoms with van der Waals surface area (Å²) in [6, 6.07) is 0. The Balaban J connectivity index is 1.73. The largest absolute Gasteiger partial charge is 0.330 e. The molecule has 3 nitrogen and oxygen atoms in total. The number of nitrogens with one attached hydrogen (secondary N) is 1. The zero-order valence-electron chi connectivity index (χ0n) is 13.5. The number of unbranched alkanes of at least 4 members (excludes halogenated alkanes) is 9. The Bertz CT molecular complexity index is 243. The third-order valence-electron chi connectivity index (χ3n) is 4.18. The van der Waals surface area contributed by atoms with Crippen LogP contribution in [0.5, 0.6) is 0 Å². The molecule has 1 rings (SSSR count). The van der Waals surface area contributed by atoms with Crippen molar-refractivity contribution in [1.82, 2.24) is 10.2 Å². The van der Waals surface area contributed by atoms with Crippen LogP contribution in [-0.4, -0.2) is 30.6 Å². The van der Waals surface area contributed by atoms with Crippen molar-refractivity contribution in [3.8, 4) is 0 Å². The molecule has 1 heterocycles. The molecule has 1 N–H and O–H groups in total. The van der Waals surface area contributed by atoms with Crippen LogP contribution in [0.4, 0.5) is 0 Å². The molecule has 1 aliphatic heterocycles. The van der Waals surface area contributed by atoms with Gasteiger partial charge in [-0.3, -0.25) is 10.1 Å². The minimum atomic E-state index is 0.320. The van der Waals surface area contributed by atoms with Gasteiger partial charge in [-0.2, -0.15) is 0 Å². The lowest BCUT2D eigenvalue weighted by atomic mass is 10.1. The van der Waals surface area contributed by atoms with Crippen LogP contribution < -0.4 is 5.32 Å². The lowest BCUT2D eigenvalue weighted by molar-refractivity contribution is -0.128. The standard InChI is InChI=1S/C17H34N2O/c1-2-3-4-5-6-7-8-9-10-11-14-18-16-19-15-12-13-17(19)20/h18H,2-16H2,1H3. The van der Waals surface area contributed by atoms with E-state index in [9.17, 15) is 4.79 Å². The van der Waals surface area contributed by atoms with E-state index in [1.165, 1.54) is 64.2 Å². The number of likely N-dealkylation sites (tertiary alicyclic amines) is 1. The Kier molecular flexibility index (Phi) is 10.7. The number of carbonyl (C=O) groups excluding carboxylic acids is 1. The molecule has 0 aromatic carbocycles. The fraction of sp³-hybridized carbons (Fsp3) is 0.941. The Labute approximate surface area is 125 Å². The topological polar surface area (TPSA) is 32.3 Å². The van der Waals surface area contributed by atoms with E-state index in [1.807, 2.05) is 4.90 Å². The number of amides is 1. The molecule has 0 unspecified atom stereocenters. The van der Waals surface area contributed by atoms with Crippen LogP contribution in [0.3, 0.4) is 0 Å². The molecular formula is C17H34N2O. The summed E-state index contributed by atoms with van der Waals surface area (Å²) in [6.07, 6.45) is 15.6. The Hall–Kier alpha value is -0.570. The summed E-state index contributed by atoms with van der Waals surface area (Å²) in [7, 11) is 0. The predicted octanol–water partition coefficient (Wildman–Crippen LogP) is 4.08. The average Bonchev–Trinajstić information content (AvgIpc) is 2.85. The summed E-state index contributed by atoms with van der Waals surface area (Å²) < 4.78 is 0. The van der Waals surface area contributed by atoms with Crippen molar-refractivity contribution in [1.29, 1.82) is 0 Å². The molecule has 118 valence electrons. The highest BCUT2D eigenvalue weighted by atomic mass is 16.2. The number of hydrogen-bond acceptors (Lipinski definition) is 2. The Morgan fingerprint density at radius 3 is 2.10 bits per heavy atom. The van der Waals surface area contributed by atoms with Gasteiger partial charge in [0.25, 0.3) is 0 Å². The molecule has 0 atom stereocenters. The van der Waals surface area contributed by atoms with Gasteiger partial charge in [-0.15, -0.1) is 0 Å². The van der Waals surface area contributed by atoms with Gasteiger partial charge in [0.15, 0.2) is 0 Å². The minimum Gasteiger partial charge on any atom is -0.330 e. The van der Waals surface area contributed by atoms with Crippen LogP contribution in [0, 0.1) is 0 Å². The van der Waals surface area contributed by atoms with Crippen molar-refractivity contribution in [2.24, 2.45) is 0 Å². The summed E-state index contributed by atoms with van der Waals surface area (Å²) in [4.78, 5) is 13.3. The van der Waals surface area contributed by atoms with Gasteiger partial charge in [-0.05, 0) is 19.4 Å². The van der Waals surface area contributed by atoms with E-state index >= 15 is 0 Å². The summed E-state index contributed by atoms with van der Waals surface area (Å²) in [6.45, 7) is 5.04. The second-order valence-electron chi connectivity index (χ2n) is 6.10. The van der Waals surface area contributed by atoms with Gasteiger partial charge in [-0.25, -0.2) is 0 Å². The number of nitrogens with zero attached hydrogens (tertiary/aromatic N) is 1. The molecule has 1 amide bonds. The van der Waals surface area contributed by atoms with Gasteiger partial charge in [0.1, 0.15) is 0 Å². The highest BCUT2D eigenvalue weighted by molar-refractivity contribution is 5.77. The van der Waals surface area contributed by atoms with Gasteiger partial charge < -0.3 is 4.90 Å². The number of hydrogen-bond donors (Lipinski definition) is 1. The van der Waals surface area contributed by atoms with Gasteiger partial charge in [0.2, 0.25) is 5.91 Å². The Morgan fingerprint density at radius 2 is 1.55 bits per heavy atom. The maximum Gasteiger partial charge on any atom is 0.223 e. The van der Waals surface area contributed by atoms with Crippen LogP contribution in [0.2, 0.25) is 0 Å². The van der Waals surface area contributed by atoms with Gasteiger partial charge in [-0.1, -0.05) is 64.7 Å². The van der Waals surface area contributed by atoms with Crippen LogP contribution in [0.15, 0.2) is 0 Å². The Morgan fingerprint density at radius 1 is 0.950 bits per heavy atom. The molecule has 0 aromatic rings.